The number of rotatable bonds is 4. The van der Waals surface area contributed by atoms with Gasteiger partial charge in [0.15, 0.2) is 34.8 Å². The second-order valence-corrected chi connectivity index (χ2v) is 14.8. The van der Waals surface area contributed by atoms with E-state index in [1.807, 2.05) is 0 Å². The highest BCUT2D eigenvalue weighted by atomic mass is 31.2. The van der Waals surface area contributed by atoms with Crippen molar-refractivity contribution < 1.29 is 61.5 Å². The Kier molecular flexibility index (Phi) is 8.97. The van der Waals surface area contributed by atoms with Crippen molar-refractivity contribution in [3.8, 4) is 0 Å². The molecule has 3 aliphatic rings. The predicted octanol–water partition coefficient (Wildman–Crippen LogP) is -2.04. The summed E-state index contributed by atoms with van der Waals surface area (Å²) in [6, 6.07) is 0. The third kappa shape index (κ3) is 6.63. The molecule has 0 aliphatic carbocycles. The maximum atomic E-state index is 13.2. The van der Waals surface area contributed by atoms with Gasteiger partial charge in [-0.1, -0.05) is 13.8 Å². The molecule has 1 amide bonds. The molecule has 0 spiro atoms. The molecule has 0 saturated carbocycles. The van der Waals surface area contributed by atoms with Crippen molar-refractivity contribution in [2.45, 2.75) is 62.9 Å². The van der Waals surface area contributed by atoms with Gasteiger partial charge in [0.1, 0.15) is 36.6 Å². The van der Waals surface area contributed by atoms with Crippen molar-refractivity contribution in [3.05, 3.63) is 33.4 Å². The van der Waals surface area contributed by atoms with E-state index < -0.39 is 101 Å². The largest absolute Gasteiger partial charge is 0.472 e. The van der Waals surface area contributed by atoms with Gasteiger partial charge in [0.2, 0.25) is 17.8 Å². The number of phosphoric ester groups is 2. The lowest BCUT2D eigenvalue weighted by Crippen LogP contribution is -2.39. The molecule has 9 N–H and O–H groups in total. The van der Waals surface area contributed by atoms with Crippen molar-refractivity contribution >= 4 is 55.8 Å². The number of nitrogens with one attached hydrogen (secondary N) is 3. The topological polar surface area (TPSA) is 353 Å². The minimum Gasteiger partial charge on any atom is -0.386 e. The first-order chi connectivity index (χ1) is 24.0. The number of fused-ring (bicyclic) bond motifs is 4. The lowest BCUT2D eigenvalue weighted by atomic mass is 10.1. The highest BCUT2D eigenvalue weighted by Crippen LogP contribution is 2.53. The molecule has 27 heteroatoms. The summed E-state index contributed by atoms with van der Waals surface area (Å²) < 4.78 is 61.0. The Morgan fingerprint density at radius 3 is 1.84 bits per heavy atom. The normalized spacial score (nSPS) is 34.6. The summed E-state index contributed by atoms with van der Waals surface area (Å²) in [4.78, 5) is 79.3. The number of ether oxygens (including phenoxy) is 2. The number of aliphatic hydroxyl groups excluding tert-OH is 2. The van der Waals surface area contributed by atoms with Gasteiger partial charge in [0, 0.05) is 5.92 Å². The molecular weight excluding hydrogens is 730 g/mol. The summed E-state index contributed by atoms with van der Waals surface area (Å²) in [5.41, 5.74) is 3.47. The molecule has 3 aliphatic heterocycles. The molecule has 7 rings (SSSR count). The number of phosphoric acid groups is 2. The van der Waals surface area contributed by atoms with Crippen molar-refractivity contribution in [3.63, 3.8) is 0 Å². The standard InChI is InChI=1S/C24H30N10O15P2/c1-7(2)18(37)31-24-29-17-11(20(39)32-24)27-6-34(17)22-13(36)15-9(47-22)4-45-50(40,41)48-14-8(3-44-51(42,43)49-15)46-21(12(14)35)33-5-26-10-16(33)28-23(25)30-19(10)38/h5-9,12-15,21-22,35-36H,3-4H2,1-2H3,(H,40,41)(H,42,43)(H3,25,28,30,38)(H2,29,31,32,37,39)/t8-,9-,12-,13-,14-,15-,21-,22-/m1/s1. The highest BCUT2D eigenvalue weighted by molar-refractivity contribution is 7.47. The maximum absolute atomic E-state index is 13.2. The predicted molar refractivity (Wildman–Crippen MR) is 165 cm³/mol. The second-order valence-electron chi connectivity index (χ2n) is 11.9. The van der Waals surface area contributed by atoms with E-state index in [9.17, 15) is 43.5 Å². The summed E-state index contributed by atoms with van der Waals surface area (Å²) in [7, 11) is -10.3. The Morgan fingerprint density at radius 2 is 1.35 bits per heavy atom. The number of imidazole rings is 2. The number of nitrogens with two attached hydrogens (primary N) is 1. The van der Waals surface area contributed by atoms with Crippen LogP contribution in [-0.4, -0.2) is 115 Å². The average molecular weight is 761 g/mol. The Balaban J connectivity index is 1.16. The molecular formula is C24H30N10O15P2. The van der Waals surface area contributed by atoms with Crippen LogP contribution < -0.4 is 22.2 Å². The molecule has 3 saturated heterocycles. The summed E-state index contributed by atoms with van der Waals surface area (Å²) in [6.07, 6.45) is -11.2. The molecule has 0 radical (unpaired) electrons. The van der Waals surface area contributed by atoms with Gasteiger partial charge < -0.3 is 35.2 Å². The molecule has 7 heterocycles. The third-order valence-corrected chi connectivity index (χ3v) is 10.1. The van der Waals surface area contributed by atoms with Crippen LogP contribution in [0.25, 0.3) is 22.3 Å². The van der Waals surface area contributed by atoms with Crippen molar-refractivity contribution in [1.82, 2.24) is 39.0 Å². The number of aromatic amines is 2. The zero-order chi connectivity index (χ0) is 36.6. The number of nitrogen functional groups attached to an aromatic ring is 1. The Hall–Kier alpha value is -3.97. The molecule has 51 heavy (non-hydrogen) atoms. The van der Waals surface area contributed by atoms with Gasteiger partial charge >= 0.3 is 15.6 Å². The van der Waals surface area contributed by atoms with Crippen molar-refractivity contribution in [2.75, 3.05) is 24.3 Å². The minimum atomic E-state index is -5.15. The number of H-pyrrole nitrogens is 2. The molecule has 10 atom stereocenters. The number of carbonyl (C=O) groups is 1. The average Bonchev–Trinajstić information content (AvgIpc) is 3.80. The Bertz CT molecular complexity index is 2220. The van der Waals surface area contributed by atoms with Crippen LogP contribution in [0.3, 0.4) is 0 Å². The van der Waals surface area contributed by atoms with Crippen LogP contribution in [0.5, 0.6) is 0 Å². The zero-order valence-corrected chi connectivity index (χ0v) is 28.0. The second kappa shape index (κ2) is 12.9. The number of carbonyl (C=O) groups excluding carboxylic acids is 1. The van der Waals surface area contributed by atoms with Crippen molar-refractivity contribution in [2.24, 2.45) is 5.92 Å². The Morgan fingerprint density at radius 1 is 0.882 bits per heavy atom. The number of amides is 1. The summed E-state index contributed by atoms with van der Waals surface area (Å²) >= 11 is 0. The van der Waals surface area contributed by atoms with Gasteiger partial charge in [-0.05, 0) is 0 Å². The van der Waals surface area contributed by atoms with E-state index in [2.05, 4.69) is 35.2 Å². The van der Waals surface area contributed by atoms with Gasteiger partial charge in [0.05, 0.1) is 25.9 Å². The van der Waals surface area contributed by atoms with E-state index in [0.717, 1.165) is 21.8 Å². The first-order valence-corrected chi connectivity index (χ1v) is 18.0. The van der Waals surface area contributed by atoms with E-state index in [0.29, 0.717) is 0 Å². The maximum Gasteiger partial charge on any atom is 0.472 e. The number of anilines is 2. The van der Waals surface area contributed by atoms with E-state index in [1.165, 1.54) is 0 Å². The molecule has 3 fully saturated rings. The number of nitrogens with zero attached hydrogens (tertiary/aromatic N) is 6. The first-order valence-electron chi connectivity index (χ1n) is 15.0. The van der Waals surface area contributed by atoms with E-state index in [1.54, 1.807) is 13.8 Å². The van der Waals surface area contributed by atoms with E-state index in [-0.39, 0.29) is 34.2 Å². The summed E-state index contributed by atoms with van der Waals surface area (Å²) in [5.74, 6) is -1.47. The van der Waals surface area contributed by atoms with Crippen LogP contribution in [0.1, 0.15) is 26.3 Å². The quantitative estimate of drug-likeness (QED) is 0.104. The van der Waals surface area contributed by atoms with E-state index in [4.69, 9.17) is 33.3 Å². The monoisotopic (exact) mass is 760 g/mol. The van der Waals surface area contributed by atoms with Crippen LogP contribution in [-0.2, 0) is 41.5 Å². The number of hydrogen-bond acceptors (Lipinski definition) is 18. The molecule has 4 aromatic rings. The number of hydrogen-bond donors (Lipinski definition) is 8. The van der Waals surface area contributed by atoms with Crippen LogP contribution in [0.15, 0.2) is 22.2 Å². The fourth-order valence-electron chi connectivity index (χ4n) is 5.69. The van der Waals surface area contributed by atoms with Crippen LogP contribution in [0.4, 0.5) is 11.9 Å². The molecule has 2 unspecified atom stereocenters. The lowest BCUT2D eigenvalue weighted by molar-refractivity contribution is -0.118. The van der Waals surface area contributed by atoms with Crippen LogP contribution in [0.2, 0.25) is 0 Å². The van der Waals surface area contributed by atoms with Gasteiger partial charge in [0.25, 0.3) is 11.1 Å². The zero-order valence-electron chi connectivity index (χ0n) is 26.2. The molecule has 0 bridgehead atoms. The van der Waals surface area contributed by atoms with Crippen LogP contribution >= 0.6 is 15.6 Å². The smallest absolute Gasteiger partial charge is 0.386 e. The summed E-state index contributed by atoms with van der Waals surface area (Å²) in [5, 5.41) is 24.9. The fraction of sp³-hybridized carbons (Fsp3) is 0.542. The van der Waals surface area contributed by atoms with Gasteiger partial charge in [-0.2, -0.15) is 9.97 Å². The van der Waals surface area contributed by atoms with Crippen molar-refractivity contribution in [1.29, 1.82) is 0 Å². The lowest BCUT2D eigenvalue weighted by Gasteiger charge is -2.27. The first kappa shape index (κ1) is 35.4. The number of aromatic nitrogens is 8. The van der Waals surface area contributed by atoms with E-state index >= 15 is 0 Å². The molecule has 4 aromatic heterocycles. The fourth-order valence-corrected chi connectivity index (χ4v) is 7.62. The molecule has 276 valence electrons. The highest BCUT2D eigenvalue weighted by Gasteiger charge is 2.54. The summed E-state index contributed by atoms with van der Waals surface area (Å²) in [6.45, 7) is 1.43. The van der Waals surface area contributed by atoms with Crippen LogP contribution in [0, 0.1) is 5.92 Å². The van der Waals surface area contributed by atoms with Gasteiger partial charge in [-0.15, -0.1) is 0 Å². The molecule has 0 aromatic carbocycles. The SMILES string of the molecule is CC(C)C(=O)Nc1nc2c(ncn2[C@@H]2O[C@@H]3COP(=O)(O)O[C@H]4[C@@H](O)[C@H](n5cnc6c(=O)[nH]c(N)nc65)O[C@@H]4COP(=O)(O)O[C@H]3[C@H]2O)c(=O)[nH]1. The molecule has 25 nitrogen and oxygen atoms in total. The van der Waals surface area contributed by atoms with Gasteiger partial charge in [-0.3, -0.25) is 56.9 Å². The minimum absolute atomic E-state index is 0.131. The number of aliphatic hydroxyl groups is 2. The van der Waals surface area contributed by atoms with Gasteiger partial charge in [-0.25, -0.2) is 19.1 Å². The Labute approximate surface area is 282 Å². The third-order valence-electron chi connectivity index (χ3n) is 8.13.